The van der Waals surface area contributed by atoms with Gasteiger partial charge in [0.2, 0.25) is 0 Å². The molecule has 0 rings (SSSR count). The fraction of sp³-hybridized carbons (Fsp3) is 0.712. The zero-order valence-corrected chi connectivity index (χ0v) is 42.5. The molecule has 1 atom stereocenters. The zero-order chi connectivity index (χ0) is 47.2. The lowest BCUT2D eigenvalue weighted by atomic mass is 10.1. The summed E-state index contributed by atoms with van der Waals surface area (Å²) in [4.78, 5) is 38.1. The molecule has 6 nitrogen and oxygen atoms in total. The van der Waals surface area contributed by atoms with Crippen LogP contribution in [0.15, 0.2) is 85.1 Å². The van der Waals surface area contributed by atoms with Crippen LogP contribution in [0.5, 0.6) is 0 Å². The summed E-state index contributed by atoms with van der Waals surface area (Å²) in [5.41, 5.74) is 0. The van der Waals surface area contributed by atoms with Crippen LogP contribution < -0.4 is 0 Å². The number of rotatable bonds is 48. The van der Waals surface area contributed by atoms with Gasteiger partial charge in [0.15, 0.2) is 6.10 Å². The first kappa shape index (κ1) is 61.6. The van der Waals surface area contributed by atoms with Crippen LogP contribution in [0, 0.1) is 0 Å². The summed E-state index contributed by atoms with van der Waals surface area (Å²) in [6, 6.07) is 0. The normalized spacial score (nSPS) is 12.7. The Morgan fingerprint density at radius 2 is 0.600 bits per heavy atom. The van der Waals surface area contributed by atoms with Crippen LogP contribution in [0.25, 0.3) is 0 Å². The number of carbonyl (C=O) groups is 3. The second-order valence-electron chi connectivity index (χ2n) is 17.7. The summed E-state index contributed by atoms with van der Waals surface area (Å²) >= 11 is 0. The number of hydrogen-bond acceptors (Lipinski definition) is 6. The summed E-state index contributed by atoms with van der Waals surface area (Å²) in [5.74, 6) is -0.939. The van der Waals surface area contributed by atoms with Crippen LogP contribution >= 0.6 is 0 Å². The molecule has 0 spiro atoms. The molecular weight excluding hydrogens is 805 g/mol. The van der Waals surface area contributed by atoms with Crippen LogP contribution in [-0.4, -0.2) is 37.2 Å². The lowest BCUT2D eigenvalue weighted by Crippen LogP contribution is -2.30. The third kappa shape index (κ3) is 51.4. The Kier molecular flexibility index (Phi) is 50.4. The highest BCUT2D eigenvalue weighted by Gasteiger charge is 2.19. The van der Waals surface area contributed by atoms with Gasteiger partial charge in [-0.3, -0.25) is 14.4 Å². The number of unbranched alkanes of at least 4 members (excludes halogenated alkanes) is 23. The molecule has 0 heterocycles. The molecule has 0 N–H and O–H groups in total. The Hall–Kier alpha value is -3.41. The van der Waals surface area contributed by atoms with Gasteiger partial charge in [-0.1, -0.05) is 202 Å². The molecule has 0 unspecified atom stereocenters. The van der Waals surface area contributed by atoms with E-state index in [9.17, 15) is 14.4 Å². The number of hydrogen-bond donors (Lipinski definition) is 0. The average molecular weight is 905 g/mol. The Labute approximate surface area is 401 Å². The molecule has 0 bridgehead atoms. The smallest absolute Gasteiger partial charge is 0.306 e. The fourth-order valence-corrected chi connectivity index (χ4v) is 7.28. The largest absolute Gasteiger partial charge is 0.462 e. The van der Waals surface area contributed by atoms with Gasteiger partial charge in [0.1, 0.15) is 13.2 Å². The van der Waals surface area contributed by atoms with Crippen LogP contribution in [-0.2, 0) is 28.6 Å². The van der Waals surface area contributed by atoms with Gasteiger partial charge in [-0.2, -0.15) is 0 Å². The monoisotopic (exact) mass is 905 g/mol. The van der Waals surface area contributed by atoms with Crippen molar-refractivity contribution >= 4 is 17.9 Å². The lowest BCUT2D eigenvalue weighted by Gasteiger charge is -2.18. The fourth-order valence-electron chi connectivity index (χ4n) is 7.28. The molecular formula is C59H100O6. The van der Waals surface area contributed by atoms with Crippen molar-refractivity contribution in [3.63, 3.8) is 0 Å². The summed E-state index contributed by atoms with van der Waals surface area (Å²) in [6.07, 6.45) is 68.5. The second-order valence-corrected chi connectivity index (χ2v) is 17.7. The topological polar surface area (TPSA) is 78.9 Å². The molecule has 0 aliphatic rings. The molecule has 0 fully saturated rings. The van der Waals surface area contributed by atoms with E-state index in [4.69, 9.17) is 14.2 Å². The van der Waals surface area contributed by atoms with Crippen molar-refractivity contribution in [1.82, 2.24) is 0 Å². The highest BCUT2D eigenvalue weighted by atomic mass is 16.6. The first-order chi connectivity index (χ1) is 32.0. The van der Waals surface area contributed by atoms with Gasteiger partial charge in [0, 0.05) is 19.3 Å². The van der Waals surface area contributed by atoms with Gasteiger partial charge < -0.3 is 14.2 Å². The highest BCUT2D eigenvalue weighted by Crippen LogP contribution is 2.14. The van der Waals surface area contributed by atoms with E-state index in [2.05, 4.69) is 106 Å². The molecule has 0 aliphatic carbocycles. The summed E-state index contributed by atoms with van der Waals surface area (Å²) in [5, 5.41) is 0. The number of carbonyl (C=O) groups excluding carboxylic acids is 3. The number of allylic oxidation sites excluding steroid dienone is 14. The molecule has 65 heavy (non-hydrogen) atoms. The first-order valence-corrected chi connectivity index (χ1v) is 27.1. The zero-order valence-electron chi connectivity index (χ0n) is 42.5. The maximum atomic E-state index is 12.8. The van der Waals surface area contributed by atoms with Crippen LogP contribution in [0.1, 0.15) is 252 Å². The van der Waals surface area contributed by atoms with Crippen molar-refractivity contribution in [3.05, 3.63) is 85.1 Å². The van der Waals surface area contributed by atoms with E-state index in [0.717, 1.165) is 128 Å². The minimum atomic E-state index is -0.798. The van der Waals surface area contributed by atoms with E-state index in [1.807, 2.05) is 0 Å². The van der Waals surface area contributed by atoms with E-state index in [-0.39, 0.29) is 31.1 Å². The summed E-state index contributed by atoms with van der Waals surface area (Å²) in [7, 11) is 0. The SMILES string of the molecule is CC/C=C\C/C=C\C/C=C\C/C=C\CCCCCCC(=O)OC[C@H](COC(=O)CCCCCCC/C=C\CCCCCCCC)OC(=O)CCCCCCC/C=C\C/C=C\CCCCC. The minimum absolute atomic E-state index is 0.0948. The van der Waals surface area contributed by atoms with Crippen molar-refractivity contribution in [1.29, 1.82) is 0 Å². The van der Waals surface area contributed by atoms with Crippen molar-refractivity contribution in [2.75, 3.05) is 13.2 Å². The van der Waals surface area contributed by atoms with Crippen molar-refractivity contribution in [3.8, 4) is 0 Å². The number of esters is 3. The summed E-state index contributed by atoms with van der Waals surface area (Å²) < 4.78 is 16.8. The first-order valence-electron chi connectivity index (χ1n) is 27.1. The predicted octanol–water partition coefficient (Wildman–Crippen LogP) is 18.0. The Morgan fingerprint density at radius 3 is 0.985 bits per heavy atom. The molecule has 6 heteroatoms. The van der Waals surface area contributed by atoms with Gasteiger partial charge in [-0.25, -0.2) is 0 Å². The standard InChI is InChI=1S/C59H100O6/c1-4-7-10-13-16-19-22-25-28-29-32-34-37-40-43-46-49-52-58(61)64-55-56(65-59(62)53-50-47-44-41-38-35-31-27-24-21-18-15-12-9-6-3)54-63-57(60)51-48-45-42-39-36-33-30-26-23-20-17-14-11-8-5-2/h7,10,16,18-19,21,25-28,30-32,34,56H,4-6,8-9,11-15,17,20,22-24,29,33,35-55H2,1-3H3/b10-7-,19-16-,21-18-,28-25-,30-26-,31-27-,34-32-/t56-/m0/s1. The van der Waals surface area contributed by atoms with Gasteiger partial charge in [0.25, 0.3) is 0 Å². The van der Waals surface area contributed by atoms with Crippen molar-refractivity contribution < 1.29 is 28.6 Å². The quantitative estimate of drug-likeness (QED) is 0.0262. The predicted molar refractivity (Wildman–Crippen MR) is 279 cm³/mol. The Balaban J connectivity index is 4.47. The van der Waals surface area contributed by atoms with Crippen molar-refractivity contribution in [2.24, 2.45) is 0 Å². The van der Waals surface area contributed by atoms with Crippen LogP contribution in [0.2, 0.25) is 0 Å². The average Bonchev–Trinajstić information content (AvgIpc) is 3.30. The van der Waals surface area contributed by atoms with E-state index in [1.165, 1.54) is 83.5 Å². The molecule has 0 aromatic carbocycles. The van der Waals surface area contributed by atoms with Gasteiger partial charge >= 0.3 is 17.9 Å². The highest BCUT2D eigenvalue weighted by molar-refractivity contribution is 5.71. The summed E-state index contributed by atoms with van der Waals surface area (Å²) in [6.45, 7) is 6.46. The van der Waals surface area contributed by atoms with Gasteiger partial charge in [-0.15, -0.1) is 0 Å². The van der Waals surface area contributed by atoms with E-state index >= 15 is 0 Å². The molecule has 0 saturated carbocycles. The van der Waals surface area contributed by atoms with E-state index < -0.39 is 6.10 Å². The molecule has 0 saturated heterocycles. The molecule has 372 valence electrons. The molecule has 0 aliphatic heterocycles. The lowest BCUT2D eigenvalue weighted by molar-refractivity contribution is -0.167. The Morgan fingerprint density at radius 1 is 0.323 bits per heavy atom. The third-order valence-corrected chi connectivity index (χ3v) is 11.4. The second kappa shape index (κ2) is 53.2. The molecule has 0 aromatic rings. The van der Waals surface area contributed by atoms with E-state index in [1.54, 1.807) is 0 Å². The maximum Gasteiger partial charge on any atom is 0.306 e. The minimum Gasteiger partial charge on any atom is -0.462 e. The molecule has 0 amide bonds. The van der Waals surface area contributed by atoms with Gasteiger partial charge in [0.05, 0.1) is 0 Å². The molecule has 0 radical (unpaired) electrons. The molecule has 0 aromatic heterocycles. The van der Waals surface area contributed by atoms with Crippen LogP contribution in [0.4, 0.5) is 0 Å². The maximum absolute atomic E-state index is 12.8. The number of ether oxygens (including phenoxy) is 3. The van der Waals surface area contributed by atoms with E-state index in [0.29, 0.717) is 19.3 Å². The van der Waals surface area contributed by atoms with Crippen molar-refractivity contribution in [2.45, 2.75) is 258 Å². The Bertz CT molecular complexity index is 1270. The third-order valence-electron chi connectivity index (χ3n) is 11.4. The van der Waals surface area contributed by atoms with Gasteiger partial charge in [-0.05, 0) is 116 Å². The van der Waals surface area contributed by atoms with Crippen LogP contribution in [0.3, 0.4) is 0 Å².